The van der Waals surface area contributed by atoms with Gasteiger partial charge in [-0.05, 0) is 69.4 Å². The molecule has 180 valence electrons. The maximum atomic E-state index is 15.0. The molecular weight excluding hydrogens is 465 g/mol. The van der Waals surface area contributed by atoms with Gasteiger partial charge in [0.2, 0.25) is 0 Å². The molecule has 0 spiro atoms. The molecule has 2 N–H and O–H groups in total. The molecule has 1 aliphatic heterocycles. The molecule has 1 aliphatic rings. The highest BCUT2D eigenvalue weighted by atomic mass is 35.5. The summed E-state index contributed by atoms with van der Waals surface area (Å²) in [5, 5.41) is 3.28. The van der Waals surface area contributed by atoms with Crippen LogP contribution in [0.2, 0.25) is 5.02 Å². The van der Waals surface area contributed by atoms with Crippen LogP contribution in [0.5, 0.6) is 0 Å². The van der Waals surface area contributed by atoms with Crippen LogP contribution in [0.3, 0.4) is 0 Å². The molecule has 1 saturated heterocycles. The third-order valence-corrected chi connectivity index (χ3v) is 7.12. The molecule has 2 atom stereocenters. The van der Waals surface area contributed by atoms with Gasteiger partial charge in [-0.15, -0.1) is 0 Å². The van der Waals surface area contributed by atoms with Crippen LogP contribution >= 0.6 is 11.6 Å². The van der Waals surface area contributed by atoms with Crippen LogP contribution < -0.4 is 10.2 Å². The molecule has 5 rings (SSSR count). The molecule has 2 heterocycles. The number of amides is 1. The first-order valence-corrected chi connectivity index (χ1v) is 12.0. The number of aromatic amines is 1. The number of halogens is 2. The lowest BCUT2D eigenvalue weighted by Gasteiger charge is -2.43. The average molecular weight is 492 g/mol. The summed E-state index contributed by atoms with van der Waals surface area (Å²) in [4.78, 5) is 25.2. The number of para-hydroxylation sites is 2. The van der Waals surface area contributed by atoms with Crippen LogP contribution in [0.15, 0.2) is 60.7 Å². The second-order valence-corrected chi connectivity index (χ2v) is 9.59. The van der Waals surface area contributed by atoms with E-state index in [1.807, 2.05) is 30.3 Å². The van der Waals surface area contributed by atoms with Crippen LogP contribution in [0.4, 0.5) is 15.8 Å². The van der Waals surface area contributed by atoms with Gasteiger partial charge in [0, 0.05) is 42.1 Å². The lowest BCUT2D eigenvalue weighted by Crippen LogP contribution is -2.55. The molecule has 0 bridgehead atoms. The van der Waals surface area contributed by atoms with Crippen molar-refractivity contribution in [3.63, 3.8) is 0 Å². The summed E-state index contributed by atoms with van der Waals surface area (Å²) in [7, 11) is 2.11. The summed E-state index contributed by atoms with van der Waals surface area (Å²) in [6.07, 6.45) is 0. The number of benzene rings is 3. The number of H-pyrrole nitrogens is 1. The van der Waals surface area contributed by atoms with Gasteiger partial charge in [-0.3, -0.25) is 9.69 Å². The number of hydrogen-bond donors (Lipinski definition) is 2. The lowest BCUT2D eigenvalue weighted by atomic mass is 10.1. The minimum atomic E-state index is -0.550. The van der Waals surface area contributed by atoms with Gasteiger partial charge in [-0.1, -0.05) is 23.7 Å². The fourth-order valence-electron chi connectivity index (χ4n) is 4.56. The highest BCUT2D eigenvalue weighted by Crippen LogP contribution is 2.31. The lowest BCUT2D eigenvalue weighted by molar-refractivity contribution is 0.102. The number of nitrogens with zero attached hydrogens (tertiary/aromatic N) is 3. The molecule has 35 heavy (non-hydrogen) atoms. The van der Waals surface area contributed by atoms with Gasteiger partial charge in [-0.2, -0.15) is 0 Å². The van der Waals surface area contributed by atoms with E-state index < -0.39 is 11.7 Å². The van der Waals surface area contributed by atoms with E-state index in [9.17, 15) is 4.79 Å². The second-order valence-electron chi connectivity index (χ2n) is 9.18. The van der Waals surface area contributed by atoms with Crippen molar-refractivity contribution >= 4 is 39.9 Å². The molecule has 8 heteroatoms. The number of carbonyl (C=O) groups excluding carboxylic acids is 1. The summed E-state index contributed by atoms with van der Waals surface area (Å²) in [5.74, 6) is -0.476. The average Bonchev–Trinajstić information content (AvgIpc) is 3.27. The Bertz CT molecular complexity index is 1360. The number of imidazole rings is 1. The number of fused-ring (bicyclic) bond motifs is 1. The SMILES string of the molecule is C[C@@H]1CN(c2ccc(C(=O)Nc3ccc(Cl)c(-c4nc5ccccc5[nH]4)c3)c(F)c2)C[C@H](C)N1C. The largest absolute Gasteiger partial charge is 0.368 e. The van der Waals surface area contributed by atoms with Gasteiger partial charge >= 0.3 is 0 Å². The smallest absolute Gasteiger partial charge is 0.258 e. The zero-order valence-corrected chi connectivity index (χ0v) is 20.6. The highest BCUT2D eigenvalue weighted by molar-refractivity contribution is 6.33. The maximum absolute atomic E-state index is 15.0. The fourth-order valence-corrected chi connectivity index (χ4v) is 4.77. The maximum Gasteiger partial charge on any atom is 0.258 e. The number of piperazine rings is 1. The molecule has 6 nitrogen and oxygen atoms in total. The summed E-state index contributed by atoms with van der Waals surface area (Å²) < 4.78 is 15.0. The molecule has 1 aromatic heterocycles. The van der Waals surface area contributed by atoms with Gasteiger partial charge in [-0.25, -0.2) is 9.37 Å². The Morgan fingerprint density at radius 2 is 1.83 bits per heavy atom. The highest BCUT2D eigenvalue weighted by Gasteiger charge is 2.27. The first kappa shape index (κ1) is 23.3. The first-order chi connectivity index (χ1) is 16.8. The van der Waals surface area contributed by atoms with E-state index in [0.717, 1.165) is 29.8 Å². The van der Waals surface area contributed by atoms with E-state index >= 15 is 4.39 Å². The number of carbonyl (C=O) groups is 1. The van der Waals surface area contributed by atoms with Crippen molar-refractivity contribution in [1.82, 2.24) is 14.9 Å². The van der Waals surface area contributed by atoms with Crippen LogP contribution in [0.1, 0.15) is 24.2 Å². The van der Waals surface area contributed by atoms with Crippen molar-refractivity contribution in [3.05, 3.63) is 77.1 Å². The quantitative estimate of drug-likeness (QED) is 0.378. The van der Waals surface area contributed by atoms with Crippen molar-refractivity contribution in [2.75, 3.05) is 30.4 Å². The van der Waals surface area contributed by atoms with Crippen molar-refractivity contribution in [2.45, 2.75) is 25.9 Å². The molecule has 0 unspecified atom stereocenters. The number of likely N-dealkylation sites (N-methyl/N-ethyl adjacent to an activating group) is 1. The number of aromatic nitrogens is 2. The van der Waals surface area contributed by atoms with Crippen LogP contribution in [0, 0.1) is 5.82 Å². The Balaban J connectivity index is 1.36. The van der Waals surface area contributed by atoms with Gasteiger partial charge in [0.25, 0.3) is 5.91 Å². The number of hydrogen-bond acceptors (Lipinski definition) is 4. The third-order valence-electron chi connectivity index (χ3n) is 6.79. The normalized spacial score (nSPS) is 18.7. The van der Waals surface area contributed by atoms with Crippen LogP contribution in [-0.2, 0) is 0 Å². The third kappa shape index (κ3) is 4.61. The predicted molar refractivity (Wildman–Crippen MR) is 140 cm³/mol. The van der Waals surface area contributed by atoms with Crippen molar-refractivity contribution < 1.29 is 9.18 Å². The van der Waals surface area contributed by atoms with E-state index in [1.165, 1.54) is 6.07 Å². The summed E-state index contributed by atoms with van der Waals surface area (Å²) >= 11 is 6.42. The molecule has 0 saturated carbocycles. The first-order valence-electron chi connectivity index (χ1n) is 11.6. The van der Waals surface area contributed by atoms with Crippen molar-refractivity contribution in [1.29, 1.82) is 0 Å². The Hall–Kier alpha value is -3.42. The Morgan fingerprint density at radius 1 is 1.09 bits per heavy atom. The summed E-state index contributed by atoms with van der Waals surface area (Å²) in [6, 6.07) is 18.3. The van der Waals surface area contributed by atoms with E-state index in [0.29, 0.717) is 34.2 Å². The van der Waals surface area contributed by atoms with Gasteiger partial charge in [0.15, 0.2) is 0 Å². The topological polar surface area (TPSA) is 64.3 Å². The Labute approximate surface area is 208 Å². The standard InChI is InChI=1S/C27H27ClFN5O/c1-16-14-34(15-17(2)33(16)3)19-9-10-20(23(29)13-19)27(35)30-18-8-11-22(28)21(12-18)26-31-24-6-4-5-7-25(24)32-26/h4-13,16-17H,14-15H2,1-3H3,(H,30,35)(H,31,32)/t16-,17+. The van der Waals surface area contributed by atoms with E-state index in [1.54, 1.807) is 24.3 Å². The van der Waals surface area contributed by atoms with Gasteiger partial charge in [0.1, 0.15) is 11.6 Å². The van der Waals surface area contributed by atoms with Crippen molar-refractivity contribution in [2.24, 2.45) is 0 Å². The molecule has 1 amide bonds. The molecule has 3 aromatic carbocycles. The minimum absolute atomic E-state index is 0.00999. The summed E-state index contributed by atoms with van der Waals surface area (Å²) in [5.41, 5.74) is 3.63. The molecule has 0 radical (unpaired) electrons. The fraction of sp³-hybridized carbons (Fsp3) is 0.259. The molecule has 0 aliphatic carbocycles. The second kappa shape index (κ2) is 9.32. The Kier molecular flexibility index (Phi) is 6.21. The number of nitrogens with one attached hydrogen (secondary N) is 2. The number of anilines is 2. The minimum Gasteiger partial charge on any atom is -0.368 e. The van der Waals surface area contributed by atoms with Gasteiger partial charge in [0.05, 0.1) is 21.6 Å². The molecule has 1 fully saturated rings. The predicted octanol–water partition coefficient (Wildman–Crippen LogP) is 5.80. The zero-order valence-electron chi connectivity index (χ0n) is 19.8. The monoisotopic (exact) mass is 491 g/mol. The zero-order chi connectivity index (χ0) is 24.7. The molecular formula is C27H27ClFN5O. The summed E-state index contributed by atoms with van der Waals surface area (Å²) in [6.45, 7) is 5.93. The number of rotatable bonds is 4. The van der Waals surface area contributed by atoms with E-state index in [2.05, 4.69) is 46.0 Å². The Morgan fingerprint density at radius 3 is 2.54 bits per heavy atom. The van der Waals surface area contributed by atoms with Crippen molar-refractivity contribution in [3.8, 4) is 11.4 Å². The molecule has 4 aromatic rings. The van der Waals surface area contributed by atoms with Crippen LogP contribution in [0.25, 0.3) is 22.4 Å². The van der Waals surface area contributed by atoms with E-state index in [-0.39, 0.29) is 5.56 Å². The van der Waals surface area contributed by atoms with Crippen LogP contribution in [-0.4, -0.2) is 53.0 Å². The van der Waals surface area contributed by atoms with E-state index in [4.69, 9.17) is 11.6 Å². The van der Waals surface area contributed by atoms with Gasteiger partial charge < -0.3 is 15.2 Å².